The number of pyridine rings is 1. The zero-order valence-corrected chi connectivity index (χ0v) is 10.6. The summed E-state index contributed by atoms with van der Waals surface area (Å²) in [6, 6.07) is 4.82. The average Bonchev–Trinajstić information content (AvgIpc) is 2.38. The molecule has 2 aromatic rings. The van der Waals surface area contributed by atoms with Crippen LogP contribution < -0.4 is 5.32 Å². The summed E-state index contributed by atoms with van der Waals surface area (Å²) in [6.07, 6.45) is 1.58. The van der Waals surface area contributed by atoms with Crippen molar-refractivity contribution in [3.05, 3.63) is 63.5 Å². The largest absolute Gasteiger partial charge is 0.373 e. The van der Waals surface area contributed by atoms with Crippen LogP contribution in [0.4, 0.5) is 20.2 Å². The van der Waals surface area contributed by atoms with E-state index in [1.54, 1.807) is 18.3 Å². The first-order chi connectivity index (χ1) is 9.47. The lowest BCUT2D eigenvalue weighted by molar-refractivity contribution is -0.384. The van der Waals surface area contributed by atoms with E-state index in [4.69, 9.17) is 0 Å². The lowest BCUT2D eigenvalue weighted by Gasteiger charge is -2.08. The molecule has 0 saturated carbocycles. The fourth-order valence-electron chi connectivity index (χ4n) is 1.67. The molecule has 0 spiro atoms. The average molecular weight is 279 g/mol. The van der Waals surface area contributed by atoms with Crippen LogP contribution in [0.1, 0.15) is 11.3 Å². The third-order valence-electron chi connectivity index (χ3n) is 2.67. The highest BCUT2D eigenvalue weighted by Gasteiger charge is 2.20. The number of hydrogen-bond acceptors (Lipinski definition) is 4. The number of aromatic nitrogens is 1. The number of hydrogen-bond donors (Lipinski definition) is 1. The SMILES string of the molecule is Cc1ccc(CNc2c(F)cc(F)cc2[N+](=O)[O-])cn1. The van der Waals surface area contributed by atoms with Crippen molar-refractivity contribution in [3.8, 4) is 0 Å². The van der Waals surface area contributed by atoms with Crippen molar-refractivity contribution in [3.63, 3.8) is 0 Å². The van der Waals surface area contributed by atoms with E-state index in [-0.39, 0.29) is 12.2 Å². The molecule has 1 N–H and O–H groups in total. The normalized spacial score (nSPS) is 10.3. The Morgan fingerprint density at radius 2 is 2.10 bits per heavy atom. The summed E-state index contributed by atoms with van der Waals surface area (Å²) in [5.74, 6) is -1.99. The van der Waals surface area contributed by atoms with Crippen LogP contribution in [0.5, 0.6) is 0 Å². The van der Waals surface area contributed by atoms with Gasteiger partial charge in [-0.2, -0.15) is 0 Å². The third kappa shape index (κ3) is 3.05. The third-order valence-corrected chi connectivity index (χ3v) is 2.67. The Labute approximate surface area is 113 Å². The number of nitro benzene ring substituents is 1. The van der Waals surface area contributed by atoms with E-state index in [9.17, 15) is 18.9 Å². The van der Waals surface area contributed by atoms with Crippen LogP contribution in [0.25, 0.3) is 0 Å². The van der Waals surface area contributed by atoms with E-state index in [0.717, 1.165) is 11.3 Å². The van der Waals surface area contributed by atoms with Crippen molar-refractivity contribution in [2.75, 3.05) is 5.32 Å². The molecular formula is C13H11F2N3O2. The Balaban J connectivity index is 2.24. The standard InChI is InChI=1S/C13H11F2N3O2/c1-8-2-3-9(6-16-8)7-17-13-11(15)4-10(14)5-12(13)18(19)20/h2-6,17H,7H2,1H3. The number of benzene rings is 1. The molecule has 0 aliphatic rings. The second kappa shape index (κ2) is 5.60. The van der Waals surface area contributed by atoms with Crippen LogP contribution in [0.2, 0.25) is 0 Å². The summed E-state index contributed by atoms with van der Waals surface area (Å²) in [7, 11) is 0. The molecule has 0 bridgehead atoms. The summed E-state index contributed by atoms with van der Waals surface area (Å²) in [5.41, 5.74) is 0.584. The first-order valence-electron chi connectivity index (χ1n) is 5.76. The highest BCUT2D eigenvalue weighted by molar-refractivity contribution is 5.62. The van der Waals surface area contributed by atoms with Gasteiger partial charge < -0.3 is 5.32 Å². The van der Waals surface area contributed by atoms with Gasteiger partial charge in [-0.25, -0.2) is 8.78 Å². The molecule has 1 heterocycles. The minimum Gasteiger partial charge on any atom is -0.373 e. The van der Waals surface area contributed by atoms with E-state index < -0.39 is 22.2 Å². The van der Waals surface area contributed by atoms with Crippen LogP contribution in [0.3, 0.4) is 0 Å². The first-order valence-corrected chi connectivity index (χ1v) is 5.76. The van der Waals surface area contributed by atoms with Crippen LogP contribution in [0, 0.1) is 28.7 Å². The van der Waals surface area contributed by atoms with Crippen LogP contribution in [-0.4, -0.2) is 9.91 Å². The van der Waals surface area contributed by atoms with E-state index in [1.165, 1.54) is 0 Å². The Bertz CT molecular complexity index is 645. The smallest absolute Gasteiger partial charge is 0.298 e. The van der Waals surface area contributed by atoms with Gasteiger partial charge in [0.2, 0.25) is 0 Å². The molecule has 0 unspecified atom stereocenters. The van der Waals surface area contributed by atoms with Gasteiger partial charge in [0.1, 0.15) is 11.5 Å². The van der Waals surface area contributed by atoms with Crippen molar-refractivity contribution >= 4 is 11.4 Å². The van der Waals surface area contributed by atoms with Crippen molar-refractivity contribution < 1.29 is 13.7 Å². The van der Waals surface area contributed by atoms with E-state index in [0.29, 0.717) is 12.1 Å². The monoisotopic (exact) mass is 279 g/mol. The van der Waals surface area contributed by atoms with Gasteiger partial charge in [-0.05, 0) is 18.6 Å². The summed E-state index contributed by atoms with van der Waals surface area (Å²) in [4.78, 5) is 14.0. The van der Waals surface area contributed by atoms with Gasteiger partial charge in [-0.3, -0.25) is 15.1 Å². The van der Waals surface area contributed by atoms with Gasteiger partial charge in [0.05, 0.1) is 11.0 Å². The molecular weight excluding hydrogens is 268 g/mol. The first kappa shape index (κ1) is 13.9. The molecule has 0 radical (unpaired) electrons. The maximum absolute atomic E-state index is 13.6. The molecule has 0 aliphatic carbocycles. The summed E-state index contributed by atoms with van der Waals surface area (Å²) < 4.78 is 26.6. The molecule has 7 heteroatoms. The van der Waals surface area contributed by atoms with Gasteiger partial charge in [-0.15, -0.1) is 0 Å². The van der Waals surface area contributed by atoms with E-state index in [2.05, 4.69) is 10.3 Å². The van der Waals surface area contributed by atoms with Crippen molar-refractivity contribution in [1.82, 2.24) is 4.98 Å². The minimum atomic E-state index is -1.00. The lowest BCUT2D eigenvalue weighted by atomic mass is 10.2. The number of anilines is 1. The van der Waals surface area contributed by atoms with Crippen molar-refractivity contribution in [2.45, 2.75) is 13.5 Å². The van der Waals surface area contributed by atoms with Gasteiger partial charge in [-0.1, -0.05) is 6.07 Å². The predicted octanol–water partition coefficient (Wildman–Crippen LogP) is 3.19. The molecule has 0 atom stereocenters. The fraction of sp³-hybridized carbons (Fsp3) is 0.154. The molecule has 20 heavy (non-hydrogen) atoms. The van der Waals surface area contributed by atoms with E-state index in [1.807, 2.05) is 6.92 Å². The zero-order valence-electron chi connectivity index (χ0n) is 10.6. The van der Waals surface area contributed by atoms with Gasteiger partial charge in [0.15, 0.2) is 5.82 Å². The summed E-state index contributed by atoms with van der Waals surface area (Å²) in [6.45, 7) is 1.97. The maximum atomic E-state index is 13.6. The second-order valence-electron chi connectivity index (χ2n) is 4.20. The summed E-state index contributed by atoms with van der Waals surface area (Å²) in [5, 5.41) is 13.4. The van der Waals surface area contributed by atoms with Gasteiger partial charge in [0.25, 0.3) is 5.69 Å². The molecule has 1 aromatic heterocycles. The lowest BCUT2D eigenvalue weighted by Crippen LogP contribution is -2.06. The number of aryl methyl sites for hydroxylation is 1. The highest BCUT2D eigenvalue weighted by atomic mass is 19.1. The topological polar surface area (TPSA) is 68.1 Å². The Morgan fingerprint density at radius 3 is 2.70 bits per heavy atom. The minimum absolute atomic E-state index is 0.149. The van der Waals surface area contributed by atoms with Crippen LogP contribution in [-0.2, 0) is 6.54 Å². The van der Waals surface area contributed by atoms with Crippen LogP contribution in [0.15, 0.2) is 30.5 Å². The number of nitro groups is 1. The zero-order chi connectivity index (χ0) is 14.7. The molecule has 2 rings (SSSR count). The summed E-state index contributed by atoms with van der Waals surface area (Å²) >= 11 is 0. The molecule has 104 valence electrons. The Hall–Kier alpha value is -2.57. The maximum Gasteiger partial charge on any atom is 0.298 e. The van der Waals surface area contributed by atoms with Gasteiger partial charge >= 0.3 is 0 Å². The molecule has 0 fully saturated rings. The fourth-order valence-corrected chi connectivity index (χ4v) is 1.67. The number of rotatable bonds is 4. The highest BCUT2D eigenvalue weighted by Crippen LogP contribution is 2.29. The molecule has 0 saturated heterocycles. The van der Waals surface area contributed by atoms with Gasteiger partial charge in [0, 0.05) is 24.5 Å². The van der Waals surface area contributed by atoms with Crippen molar-refractivity contribution in [1.29, 1.82) is 0 Å². The Morgan fingerprint density at radius 1 is 1.35 bits per heavy atom. The second-order valence-corrected chi connectivity index (χ2v) is 4.20. The van der Waals surface area contributed by atoms with E-state index >= 15 is 0 Å². The molecule has 1 aromatic carbocycles. The van der Waals surface area contributed by atoms with Crippen molar-refractivity contribution in [2.24, 2.45) is 0 Å². The Kier molecular flexibility index (Phi) is 3.88. The quantitative estimate of drug-likeness (QED) is 0.689. The van der Waals surface area contributed by atoms with Crippen LogP contribution >= 0.6 is 0 Å². The molecule has 0 amide bonds. The number of halogens is 2. The number of nitrogens with zero attached hydrogens (tertiary/aromatic N) is 2. The molecule has 0 aliphatic heterocycles. The number of nitrogens with one attached hydrogen (secondary N) is 1. The molecule has 5 nitrogen and oxygen atoms in total. The predicted molar refractivity (Wildman–Crippen MR) is 69.3 cm³/mol.